The number of amides is 1. The molecule has 2 aromatic rings. The monoisotopic (exact) mass is 346 g/mol. The van der Waals surface area contributed by atoms with Gasteiger partial charge in [0.25, 0.3) is 5.91 Å². The van der Waals surface area contributed by atoms with Gasteiger partial charge in [0.15, 0.2) is 0 Å². The number of aromatic nitrogens is 2. The SMILES string of the molecule is C=CCNC(=O)c1ccnc(Nc2ccc(Br)cc2C)n1. The summed E-state index contributed by atoms with van der Waals surface area (Å²) in [5.74, 6) is 0.125. The van der Waals surface area contributed by atoms with E-state index in [1.165, 1.54) is 0 Å². The average molecular weight is 347 g/mol. The summed E-state index contributed by atoms with van der Waals surface area (Å²) in [4.78, 5) is 20.2. The van der Waals surface area contributed by atoms with Crippen LogP contribution in [0.1, 0.15) is 16.1 Å². The van der Waals surface area contributed by atoms with Gasteiger partial charge in [0.05, 0.1) is 0 Å². The van der Waals surface area contributed by atoms with Gasteiger partial charge in [-0.25, -0.2) is 9.97 Å². The lowest BCUT2D eigenvalue weighted by molar-refractivity contribution is 0.0953. The molecule has 1 amide bonds. The summed E-state index contributed by atoms with van der Waals surface area (Å²) in [6.45, 7) is 5.93. The molecule has 1 aromatic carbocycles. The van der Waals surface area contributed by atoms with Crippen molar-refractivity contribution in [1.82, 2.24) is 15.3 Å². The van der Waals surface area contributed by atoms with Crippen molar-refractivity contribution in [3.63, 3.8) is 0 Å². The van der Waals surface area contributed by atoms with E-state index in [4.69, 9.17) is 0 Å². The lowest BCUT2D eigenvalue weighted by Gasteiger charge is -2.09. The molecule has 5 nitrogen and oxygen atoms in total. The number of nitrogens with one attached hydrogen (secondary N) is 2. The predicted octanol–water partition coefficient (Wildman–Crippen LogP) is 3.21. The number of carbonyl (C=O) groups excluding carboxylic acids is 1. The quantitative estimate of drug-likeness (QED) is 0.815. The molecule has 1 aromatic heterocycles. The molecular weight excluding hydrogens is 332 g/mol. The first-order chi connectivity index (χ1) is 10.1. The largest absolute Gasteiger partial charge is 0.347 e. The van der Waals surface area contributed by atoms with Crippen molar-refractivity contribution in [3.05, 3.63) is 58.8 Å². The van der Waals surface area contributed by atoms with E-state index < -0.39 is 0 Å². The van der Waals surface area contributed by atoms with Crippen molar-refractivity contribution in [2.45, 2.75) is 6.92 Å². The molecule has 0 radical (unpaired) electrons. The van der Waals surface area contributed by atoms with E-state index in [-0.39, 0.29) is 5.91 Å². The summed E-state index contributed by atoms with van der Waals surface area (Å²) in [5, 5.41) is 5.78. The van der Waals surface area contributed by atoms with Gasteiger partial charge < -0.3 is 10.6 Å². The Kier molecular flexibility index (Phi) is 5.05. The minimum atomic E-state index is -0.257. The lowest BCUT2D eigenvalue weighted by Crippen LogP contribution is -2.24. The molecule has 2 rings (SSSR count). The molecule has 0 spiro atoms. The molecule has 0 saturated carbocycles. The van der Waals surface area contributed by atoms with Gasteiger partial charge in [0, 0.05) is 22.9 Å². The number of carbonyl (C=O) groups is 1. The molecule has 0 bridgehead atoms. The number of nitrogens with zero attached hydrogens (tertiary/aromatic N) is 2. The molecular formula is C15H15BrN4O. The molecule has 0 aliphatic carbocycles. The molecule has 0 unspecified atom stereocenters. The normalized spacial score (nSPS) is 10.0. The zero-order valence-corrected chi connectivity index (χ0v) is 13.1. The highest BCUT2D eigenvalue weighted by Crippen LogP contribution is 2.22. The first-order valence-electron chi connectivity index (χ1n) is 6.35. The molecule has 0 fully saturated rings. The molecule has 1 heterocycles. The van der Waals surface area contributed by atoms with Crippen LogP contribution < -0.4 is 10.6 Å². The number of hydrogen-bond donors (Lipinski definition) is 2. The Hall–Kier alpha value is -2.21. The molecule has 6 heteroatoms. The molecule has 0 atom stereocenters. The highest BCUT2D eigenvalue weighted by atomic mass is 79.9. The van der Waals surface area contributed by atoms with Crippen LogP contribution in [0.3, 0.4) is 0 Å². The fourth-order valence-electron chi connectivity index (χ4n) is 1.69. The Balaban J connectivity index is 2.17. The van der Waals surface area contributed by atoms with E-state index in [1.54, 1.807) is 18.3 Å². The second kappa shape index (κ2) is 6.99. The van der Waals surface area contributed by atoms with Crippen molar-refractivity contribution < 1.29 is 4.79 Å². The summed E-state index contributed by atoms with van der Waals surface area (Å²) < 4.78 is 1.00. The maximum absolute atomic E-state index is 11.8. The molecule has 0 aliphatic heterocycles. The van der Waals surface area contributed by atoms with Crippen LogP contribution in [-0.2, 0) is 0 Å². The van der Waals surface area contributed by atoms with Gasteiger partial charge in [-0.3, -0.25) is 4.79 Å². The van der Waals surface area contributed by atoms with Crippen LogP contribution in [-0.4, -0.2) is 22.4 Å². The van der Waals surface area contributed by atoms with Crippen molar-refractivity contribution in [2.24, 2.45) is 0 Å². The minimum Gasteiger partial charge on any atom is -0.347 e. The standard InChI is InChI=1S/C15H15BrN4O/c1-3-7-17-14(21)13-6-8-18-15(20-13)19-12-5-4-11(16)9-10(12)2/h3-6,8-9H,1,7H2,2H3,(H,17,21)(H,18,19,20). The number of anilines is 2. The average Bonchev–Trinajstić information content (AvgIpc) is 2.48. The van der Waals surface area contributed by atoms with Crippen LogP contribution in [0.2, 0.25) is 0 Å². The van der Waals surface area contributed by atoms with Crippen molar-refractivity contribution in [3.8, 4) is 0 Å². The van der Waals surface area contributed by atoms with Gasteiger partial charge in [-0.2, -0.15) is 0 Å². The molecule has 21 heavy (non-hydrogen) atoms. The number of halogens is 1. The van der Waals surface area contributed by atoms with Gasteiger partial charge >= 0.3 is 0 Å². The van der Waals surface area contributed by atoms with Crippen LogP contribution >= 0.6 is 15.9 Å². The van der Waals surface area contributed by atoms with Gasteiger partial charge in [-0.15, -0.1) is 6.58 Å². The van der Waals surface area contributed by atoms with Crippen LogP contribution in [0.15, 0.2) is 47.6 Å². The second-order valence-electron chi connectivity index (χ2n) is 4.35. The van der Waals surface area contributed by atoms with Gasteiger partial charge in [0.2, 0.25) is 5.95 Å². The summed E-state index contributed by atoms with van der Waals surface area (Å²) in [5.41, 5.74) is 2.25. The first kappa shape index (κ1) is 15.2. The number of rotatable bonds is 5. The van der Waals surface area contributed by atoms with E-state index in [1.807, 2.05) is 25.1 Å². The fraction of sp³-hybridized carbons (Fsp3) is 0.133. The smallest absolute Gasteiger partial charge is 0.270 e. The minimum absolute atomic E-state index is 0.257. The summed E-state index contributed by atoms with van der Waals surface area (Å²) in [7, 11) is 0. The summed E-state index contributed by atoms with van der Waals surface area (Å²) >= 11 is 3.42. The van der Waals surface area contributed by atoms with E-state index in [2.05, 4.69) is 43.1 Å². The highest BCUT2D eigenvalue weighted by molar-refractivity contribution is 9.10. The van der Waals surface area contributed by atoms with Crippen LogP contribution in [0.25, 0.3) is 0 Å². The third-order valence-corrected chi connectivity index (χ3v) is 3.22. The predicted molar refractivity (Wildman–Crippen MR) is 86.7 cm³/mol. The maximum Gasteiger partial charge on any atom is 0.270 e. The van der Waals surface area contributed by atoms with Crippen LogP contribution in [0.5, 0.6) is 0 Å². The van der Waals surface area contributed by atoms with Crippen molar-refractivity contribution in [2.75, 3.05) is 11.9 Å². The molecule has 108 valence electrons. The van der Waals surface area contributed by atoms with Gasteiger partial charge in [-0.05, 0) is 36.8 Å². The Morgan fingerprint density at radius 3 is 2.95 bits per heavy atom. The highest BCUT2D eigenvalue weighted by Gasteiger charge is 2.08. The Bertz CT molecular complexity index is 672. The van der Waals surface area contributed by atoms with E-state index >= 15 is 0 Å². The van der Waals surface area contributed by atoms with Crippen molar-refractivity contribution >= 4 is 33.5 Å². The fourth-order valence-corrected chi connectivity index (χ4v) is 2.16. The maximum atomic E-state index is 11.8. The number of hydrogen-bond acceptors (Lipinski definition) is 4. The van der Waals surface area contributed by atoms with Crippen molar-refractivity contribution in [1.29, 1.82) is 0 Å². The third-order valence-electron chi connectivity index (χ3n) is 2.73. The Morgan fingerprint density at radius 2 is 2.24 bits per heavy atom. The third kappa shape index (κ3) is 4.13. The zero-order valence-electron chi connectivity index (χ0n) is 11.6. The Labute approximate surface area is 131 Å². The van der Waals surface area contributed by atoms with E-state index in [0.29, 0.717) is 18.2 Å². The molecule has 2 N–H and O–H groups in total. The molecule has 0 aliphatic rings. The lowest BCUT2D eigenvalue weighted by atomic mass is 10.2. The Morgan fingerprint density at radius 1 is 1.43 bits per heavy atom. The van der Waals surface area contributed by atoms with Crippen LogP contribution in [0, 0.1) is 6.92 Å². The van der Waals surface area contributed by atoms with Crippen LogP contribution in [0.4, 0.5) is 11.6 Å². The number of aryl methyl sites for hydroxylation is 1. The topological polar surface area (TPSA) is 66.9 Å². The first-order valence-corrected chi connectivity index (χ1v) is 7.15. The second-order valence-corrected chi connectivity index (χ2v) is 5.26. The summed E-state index contributed by atoms with van der Waals surface area (Å²) in [6, 6.07) is 7.41. The molecule has 0 saturated heterocycles. The van der Waals surface area contributed by atoms with E-state index in [0.717, 1.165) is 15.7 Å². The summed E-state index contributed by atoms with van der Waals surface area (Å²) in [6.07, 6.45) is 3.16. The van der Waals surface area contributed by atoms with E-state index in [9.17, 15) is 4.79 Å². The van der Waals surface area contributed by atoms with Gasteiger partial charge in [-0.1, -0.05) is 22.0 Å². The zero-order chi connectivity index (χ0) is 15.2. The number of benzene rings is 1. The van der Waals surface area contributed by atoms with Gasteiger partial charge in [0.1, 0.15) is 5.69 Å².